The molecule has 4 rings (SSSR count). The Morgan fingerprint density at radius 2 is 1.87 bits per heavy atom. The van der Waals surface area contributed by atoms with Crippen molar-refractivity contribution in [1.29, 1.82) is 0 Å². The van der Waals surface area contributed by atoms with Gasteiger partial charge in [0.15, 0.2) is 6.10 Å². The highest BCUT2D eigenvalue weighted by Crippen LogP contribution is 2.29. The fourth-order valence-corrected chi connectivity index (χ4v) is 3.89. The minimum atomic E-state index is -1.01. The maximum atomic E-state index is 14.0. The van der Waals surface area contributed by atoms with Crippen molar-refractivity contribution in [3.8, 4) is 0 Å². The molecular weight excluding hydrogens is 387 g/mol. The number of ether oxygens (including phenoxy) is 1. The number of amides is 1. The lowest BCUT2D eigenvalue weighted by Gasteiger charge is -2.18. The lowest BCUT2D eigenvalue weighted by Crippen LogP contribution is -2.30. The van der Waals surface area contributed by atoms with E-state index < -0.39 is 23.8 Å². The van der Waals surface area contributed by atoms with Gasteiger partial charge in [-0.25, -0.2) is 4.39 Å². The van der Waals surface area contributed by atoms with Crippen LogP contribution in [0.15, 0.2) is 48.5 Å². The van der Waals surface area contributed by atoms with Crippen molar-refractivity contribution in [2.24, 2.45) is 5.92 Å². The highest BCUT2D eigenvalue weighted by atomic mass is 19.1. The SMILES string of the molecule is Cc1[nH]c2ccccc2c1C(=O)C(C)OC(=O)C1CC(=O)N(c2ccccc2F)C1. The van der Waals surface area contributed by atoms with Crippen molar-refractivity contribution in [2.75, 3.05) is 11.4 Å². The van der Waals surface area contributed by atoms with Crippen LogP contribution in [0.25, 0.3) is 10.9 Å². The van der Waals surface area contributed by atoms with Gasteiger partial charge in [-0.15, -0.1) is 0 Å². The quantitative estimate of drug-likeness (QED) is 0.515. The van der Waals surface area contributed by atoms with E-state index in [1.807, 2.05) is 24.3 Å². The fraction of sp³-hybridized carbons (Fsp3) is 0.261. The van der Waals surface area contributed by atoms with Gasteiger partial charge in [-0.05, 0) is 32.0 Å². The molecule has 1 aliphatic heterocycles. The molecule has 1 amide bonds. The number of carbonyl (C=O) groups excluding carboxylic acids is 3. The second-order valence-electron chi connectivity index (χ2n) is 7.47. The number of anilines is 1. The summed E-state index contributed by atoms with van der Waals surface area (Å²) in [5.74, 6) is -2.59. The van der Waals surface area contributed by atoms with Gasteiger partial charge in [-0.1, -0.05) is 30.3 Å². The Balaban J connectivity index is 1.47. The summed E-state index contributed by atoms with van der Waals surface area (Å²) in [4.78, 5) is 42.3. The van der Waals surface area contributed by atoms with Crippen molar-refractivity contribution >= 4 is 34.3 Å². The van der Waals surface area contributed by atoms with Crippen molar-refractivity contribution in [3.63, 3.8) is 0 Å². The van der Waals surface area contributed by atoms with Crippen LogP contribution in [0.1, 0.15) is 29.4 Å². The molecule has 7 heteroatoms. The third-order valence-corrected chi connectivity index (χ3v) is 5.40. The highest BCUT2D eigenvalue weighted by molar-refractivity contribution is 6.11. The molecule has 1 fully saturated rings. The van der Waals surface area contributed by atoms with Crippen molar-refractivity contribution < 1.29 is 23.5 Å². The summed E-state index contributed by atoms with van der Waals surface area (Å²) in [6.45, 7) is 3.34. The maximum Gasteiger partial charge on any atom is 0.312 e. The number of rotatable bonds is 5. The third kappa shape index (κ3) is 3.47. The molecule has 1 saturated heterocycles. The number of halogens is 1. The summed E-state index contributed by atoms with van der Waals surface area (Å²) in [5, 5.41) is 0.768. The number of aromatic nitrogens is 1. The normalized spacial score (nSPS) is 17.4. The van der Waals surface area contributed by atoms with Crippen molar-refractivity contribution in [2.45, 2.75) is 26.4 Å². The van der Waals surface area contributed by atoms with Crippen molar-refractivity contribution in [3.05, 3.63) is 65.6 Å². The van der Waals surface area contributed by atoms with E-state index in [0.29, 0.717) is 11.3 Å². The van der Waals surface area contributed by atoms with Gasteiger partial charge >= 0.3 is 5.97 Å². The smallest absolute Gasteiger partial charge is 0.312 e. The number of carbonyl (C=O) groups is 3. The summed E-state index contributed by atoms with van der Waals surface area (Å²) in [7, 11) is 0. The average molecular weight is 408 g/mol. The summed E-state index contributed by atoms with van der Waals surface area (Å²) < 4.78 is 19.4. The lowest BCUT2D eigenvalue weighted by molar-refractivity contribution is -0.151. The van der Waals surface area contributed by atoms with Crippen LogP contribution in [0.5, 0.6) is 0 Å². The van der Waals surface area contributed by atoms with E-state index >= 15 is 0 Å². The molecule has 1 aliphatic rings. The minimum absolute atomic E-state index is 0.0195. The van der Waals surface area contributed by atoms with Crippen LogP contribution < -0.4 is 4.90 Å². The predicted molar refractivity (Wildman–Crippen MR) is 110 cm³/mol. The van der Waals surface area contributed by atoms with Gasteiger partial charge in [-0.2, -0.15) is 0 Å². The molecule has 0 radical (unpaired) electrons. The number of nitrogens with zero attached hydrogens (tertiary/aromatic N) is 1. The standard InChI is InChI=1S/C23H21FN2O4/c1-13-21(16-7-3-5-9-18(16)25-13)22(28)14(2)30-23(29)15-11-20(27)26(12-15)19-10-6-4-8-17(19)24/h3-10,14-15,25H,11-12H2,1-2H3. The number of fused-ring (bicyclic) bond motifs is 1. The summed E-state index contributed by atoms with van der Waals surface area (Å²) in [6.07, 6.45) is -1.09. The molecule has 2 heterocycles. The van der Waals surface area contributed by atoms with E-state index in [2.05, 4.69) is 4.98 Å². The molecule has 30 heavy (non-hydrogen) atoms. The molecule has 0 spiro atoms. The van der Waals surface area contributed by atoms with Gasteiger partial charge in [0.05, 0.1) is 11.6 Å². The molecule has 1 aromatic heterocycles. The molecule has 0 aliphatic carbocycles. The van der Waals surface area contributed by atoms with Crippen LogP contribution in [-0.2, 0) is 14.3 Å². The first-order valence-electron chi connectivity index (χ1n) is 9.73. The number of aryl methyl sites for hydroxylation is 1. The van der Waals surface area contributed by atoms with E-state index in [0.717, 1.165) is 10.9 Å². The number of ketones is 1. The Kier molecular flexibility index (Phi) is 5.11. The zero-order chi connectivity index (χ0) is 21.4. The summed E-state index contributed by atoms with van der Waals surface area (Å²) >= 11 is 0. The summed E-state index contributed by atoms with van der Waals surface area (Å²) in [5.41, 5.74) is 2.15. The predicted octanol–water partition coefficient (Wildman–Crippen LogP) is 3.78. The number of hydrogen-bond acceptors (Lipinski definition) is 4. The fourth-order valence-electron chi connectivity index (χ4n) is 3.89. The molecule has 2 aromatic carbocycles. The topological polar surface area (TPSA) is 79.5 Å². The van der Waals surface area contributed by atoms with Crippen LogP contribution in [0.4, 0.5) is 10.1 Å². The number of Topliss-reactive ketones (excluding diaryl/α,β-unsaturated/α-hetero) is 1. The van der Waals surface area contributed by atoms with Crippen LogP contribution in [-0.4, -0.2) is 35.3 Å². The Morgan fingerprint density at radius 3 is 2.63 bits per heavy atom. The van der Waals surface area contributed by atoms with Crippen LogP contribution in [0.3, 0.4) is 0 Å². The highest BCUT2D eigenvalue weighted by Gasteiger charge is 2.38. The molecule has 2 atom stereocenters. The number of H-pyrrole nitrogens is 1. The molecule has 6 nitrogen and oxygen atoms in total. The minimum Gasteiger partial charge on any atom is -0.454 e. The number of hydrogen-bond donors (Lipinski definition) is 1. The first-order chi connectivity index (χ1) is 14.4. The molecule has 154 valence electrons. The average Bonchev–Trinajstić information content (AvgIpc) is 3.27. The molecular formula is C23H21FN2O4. The monoisotopic (exact) mass is 408 g/mol. The first-order valence-corrected chi connectivity index (χ1v) is 9.73. The largest absolute Gasteiger partial charge is 0.454 e. The first kappa shape index (κ1) is 19.8. The molecule has 3 aromatic rings. The second-order valence-corrected chi connectivity index (χ2v) is 7.47. The van der Waals surface area contributed by atoms with Crippen LogP contribution in [0.2, 0.25) is 0 Å². The molecule has 1 N–H and O–H groups in total. The van der Waals surface area contributed by atoms with E-state index in [4.69, 9.17) is 4.74 Å². The van der Waals surface area contributed by atoms with Gasteiger partial charge in [0.1, 0.15) is 5.82 Å². The maximum absolute atomic E-state index is 14.0. The zero-order valence-electron chi connectivity index (χ0n) is 16.6. The molecule has 2 unspecified atom stereocenters. The van der Waals surface area contributed by atoms with E-state index in [9.17, 15) is 18.8 Å². The van der Waals surface area contributed by atoms with E-state index in [1.165, 1.54) is 30.0 Å². The lowest BCUT2D eigenvalue weighted by atomic mass is 10.0. The number of esters is 1. The Hall–Kier alpha value is -3.48. The summed E-state index contributed by atoms with van der Waals surface area (Å²) in [6, 6.07) is 13.3. The van der Waals surface area contributed by atoms with Gasteiger partial charge in [0.25, 0.3) is 0 Å². The molecule has 0 bridgehead atoms. The number of para-hydroxylation sites is 2. The Bertz CT molecular complexity index is 1150. The number of nitrogens with one attached hydrogen (secondary N) is 1. The van der Waals surface area contributed by atoms with E-state index in [1.54, 1.807) is 13.0 Å². The van der Waals surface area contributed by atoms with Crippen molar-refractivity contribution in [1.82, 2.24) is 4.98 Å². The van der Waals surface area contributed by atoms with Gasteiger partial charge in [0.2, 0.25) is 11.7 Å². The van der Waals surface area contributed by atoms with E-state index in [-0.39, 0.29) is 30.3 Å². The number of aromatic amines is 1. The number of benzene rings is 2. The van der Waals surface area contributed by atoms with Gasteiger partial charge < -0.3 is 14.6 Å². The van der Waals surface area contributed by atoms with Crippen LogP contribution >= 0.6 is 0 Å². The molecule has 0 saturated carbocycles. The Morgan fingerprint density at radius 1 is 1.17 bits per heavy atom. The Labute approximate surface area is 172 Å². The second kappa shape index (κ2) is 7.74. The van der Waals surface area contributed by atoms with Gasteiger partial charge in [-0.3, -0.25) is 14.4 Å². The zero-order valence-corrected chi connectivity index (χ0v) is 16.6. The van der Waals surface area contributed by atoms with Crippen LogP contribution in [0, 0.1) is 18.7 Å². The third-order valence-electron chi connectivity index (χ3n) is 5.40. The van der Waals surface area contributed by atoms with Gasteiger partial charge in [0, 0.05) is 35.1 Å².